The van der Waals surface area contributed by atoms with Crippen LogP contribution in [-0.4, -0.2) is 5.11 Å². The average Bonchev–Trinajstić information content (AvgIpc) is 2.28. The molecule has 1 nitrogen and oxygen atoms in total. The summed E-state index contributed by atoms with van der Waals surface area (Å²) in [6, 6.07) is 10.5. The molecular formula is C14H16O. The molecule has 1 aromatic rings. The number of aryl methyl sites for hydroxylation is 1. The summed E-state index contributed by atoms with van der Waals surface area (Å²) in [5, 5.41) is 9.40. The van der Waals surface area contributed by atoms with Crippen molar-refractivity contribution in [1.82, 2.24) is 0 Å². The molecule has 0 aliphatic heterocycles. The first kappa shape index (κ1) is 10.0. The second kappa shape index (κ2) is 4.83. The van der Waals surface area contributed by atoms with E-state index in [9.17, 15) is 5.11 Å². The van der Waals surface area contributed by atoms with Crippen LogP contribution in [0.2, 0.25) is 0 Å². The van der Waals surface area contributed by atoms with E-state index in [0.29, 0.717) is 5.76 Å². The second-order valence-electron chi connectivity index (χ2n) is 3.94. The van der Waals surface area contributed by atoms with Crippen LogP contribution in [0.4, 0.5) is 0 Å². The molecule has 1 N–H and O–H groups in total. The first-order valence-corrected chi connectivity index (χ1v) is 5.47. The van der Waals surface area contributed by atoms with E-state index in [0.717, 1.165) is 25.7 Å². The van der Waals surface area contributed by atoms with Crippen molar-refractivity contribution in [1.29, 1.82) is 0 Å². The van der Waals surface area contributed by atoms with Gasteiger partial charge in [-0.05, 0) is 36.5 Å². The van der Waals surface area contributed by atoms with Crippen molar-refractivity contribution >= 4 is 0 Å². The van der Waals surface area contributed by atoms with Gasteiger partial charge in [-0.15, -0.1) is 0 Å². The van der Waals surface area contributed by atoms with Gasteiger partial charge in [-0.2, -0.15) is 0 Å². The Morgan fingerprint density at radius 1 is 1.07 bits per heavy atom. The van der Waals surface area contributed by atoms with Crippen LogP contribution < -0.4 is 0 Å². The van der Waals surface area contributed by atoms with Crippen molar-refractivity contribution in [2.75, 3.05) is 0 Å². The van der Waals surface area contributed by atoms with Gasteiger partial charge in [-0.3, -0.25) is 0 Å². The van der Waals surface area contributed by atoms with Gasteiger partial charge in [-0.25, -0.2) is 0 Å². The summed E-state index contributed by atoms with van der Waals surface area (Å²) < 4.78 is 0. The van der Waals surface area contributed by atoms with Crippen LogP contribution in [0.3, 0.4) is 0 Å². The van der Waals surface area contributed by atoms with Crippen LogP contribution in [0.5, 0.6) is 0 Å². The number of benzene rings is 1. The predicted octanol–water partition coefficient (Wildman–Crippen LogP) is 3.78. The normalized spacial score (nSPS) is 15.7. The molecule has 0 atom stereocenters. The van der Waals surface area contributed by atoms with E-state index in [1.165, 1.54) is 11.1 Å². The molecule has 0 radical (unpaired) electrons. The Bertz CT molecular complexity index is 374. The van der Waals surface area contributed by atoms with Crippen LogP contribution in [0.15, 0.2) is 53.8 Å². The molecular weight excluding hydrogens is 184 g/mol. The van der Waals surface area contributed by atoms with Gasteiger partial charge in [0, 0.05) is 6.42 Å². The smallest absolute Gasteiger partial charge is 0.0928 e. The Morgan fingerprint density at radius 3 is 2.60 bits per heavy atom. The Hall–Kier alpha value is -1.50. The zero-order valence-corrected chi connectivity index (χ0v) is 8.82. The molecule has 0 saturated carbocycles. The van der Waals surface area contributed by atoms with Crippen LogP contribution in [0.25, 0.3) is 0 Å². The summed E-state index contributed by atoms with van der Waals surface area (Å²) in [5.41, 5.74) is 2.62. The number of aliphatic hydroxyl groups is 1. The van der Waals surface area contributed by atoms with Crippen molar-refractivity contribution in [3.05, 3.63) is 59.4 Å². The van der Waals surface area contributed by atoms with Crippen LogP contribution in [-0.2, 0) is 6.42 Å². The van der Waals surface area contributed by atoms with Gasteiger partial charge in [0.1, 0.15) is 0 Å². The second-order valence-corrected chi connectivity index (χ2v) is 3.94. The molecule has 0 aromatic heterocycles. The van der Waals surface area contributed by atoms with Crippen molar-refractivity contribution < 1.29 is 5.11 Å². The average molecular weight is 200 g/mol. The summed E-state index contributed by atoms with van der Waals surface area (Å²) in [6.45, 7) is 0. The largest absolute Gasteiger partial charge is 0.512 e. The first-order valence-electron chi connectivity index (χ1n) is 5.47. The van der Waals surface area contributed by atoms with Gasteiger partial charge >= 0.3 is 0 Å². The highest BCUT2D eigenvalue weighted by Gasteiger charge is 2.03. The van der Waals surface area contributed by atoms with Gasteiger partial charge < -0.3 is 5.11 Å². The maximum atomic E-state index is 9.40. The molecule has 0 heterocycles. The minimum absolute atomic E-state index is 0.528. The van der Waals surface area contributed by atoms with Gasteiger partial charge in [0.2, 0.25) is 0 Å². The van der Waals surface area contributed by atoms with E-state index in [1.54, 1.807) is 0 Å². The fraction of sp³-hybridized carbons (Fsp3) is 0.286. The van der Waals surface area contributed by atoms with Crippen molar-refractivity contribution in [3.63, 3.8) is 0 Å². The third-order valence-corrected chi connectivity index (χ3v) is 2.70. The summed E-state index contributed by atoms with van der Waals surface area (Å²) in [7, 11) is 0. The quantitative estimate of drug-likeness (QED) is 0.787. The number of aliphatic hydroxyl groups excluding tert-OH is 1. The van der Waals surface area contributed by atoms with Crippen molar-refractivity contribution in [3.8, 4) is 0 Å². The Kier molecular flexibility index (Phi) is 3.23. The standard InChI is InChI=1S/C14H16O/c15-14-8-4-7-13(11-14)10-9-12-5-2-1-3-6-12/h1-3,5-7,11,15H,4,8-10H2. The molecule has 2 rings (SSSR count). The third-order valence-electron chi connectivity index (χ3n) is 2.70. The minimum atomic E-state index is 0.528. The Morgan fingerprint density at radius 2 is 1.87 bits per heavy atom. The molecule has 0 unspecified atom stereocenters. The van der Waals surface area contributed by atoms with Crippen molar-refractivity contribution in [2.24, 2.45) is 0 Å². The number of rotatable bonds is 3. The van der Waals surface area contributed by atoms with Crippen LogP contribution >= 0.6 is 0 Å². The molecule has 0 amide bonds. The molecule has 0 fully saturated rings. The van der Waals surface area contributed by atoms with Gasteiger partial charge in [-0.1, -0.05) is 36.4 Å². The van der Waals surface area contributed by atoms with Gasteiger partial charge in [0.15, 0.2) is 0 Å². The highest BCUT2D eigenvalue weighted by Crippen LogP contribution is 2.19. The molecule has 0 bridgehead atoms. The first-order chi connectivity index (χ1) is 7.34. The number of hydrogen-bond acceptors (Lipinski definition) is 1. The van der Waals surface area contributed by atoms with Crippen LogP contribution in [0, 0.1) is 0 Å². The summed E-state index contributed by atoms with van der Waals surface area (Å²) in [6.07, 6.45) is 7.99. The van der Waals surface area contributed by atoms with E-state index in [-0.39, 0.29) is 0 Å². The van der Waals surface area contributed by atoms with Gasteiger partial charge in [0.25, 0.3) is 0 Å². The van der Waals surface area contributed by atoms with E-state index in [2.05, 4.69) is 30.3 Å². The van der Waals surface area contributed by atoms with Crippen LogP contribution in [0.1, 0.15) is 24.8 Å². The summed E-state index contributed by atoms with van der Waals surface area (Å²) in [5.74, 6) is 0.528. The maximum Gasteiger partial charge on any atom is 0.0928 e. The Balaban J connectivity index is 1.92. The zero-order chi connectivity index (χ0) is 10.5. The lowest BCUT2D eigenvalue weighted by molar-refractivity contribution is 0.386. The third kappa shape index (κ3) is 2.98. The molecule has 0 saturated heterocycles. The SMILES string of the molecule is OC1=CC(CCc2ccccc2)=CCC1. The molecule has 78 valence electrons. The topological polar surface area (TPSA) is 20.2 Å². The predicted molar refractivity (Wildman–Crippen MR) is 62.8 cm³/mol. The lowest BCUT2D eigenvalue weighted by atomic mass is 9.99. The molecule has 1 heteroatoms. The highest BCUT2D eigenvalue weighted by molar-refractivity contribution is 5.26. The molecule has 0 spiro atoms. The summed E-state index contributed by atoms with van der Waals surface area (Å²) in [4.78, 5) is 0. The lowest BCUT2D eigenvalue weighted by Gasteiger charge is -2.09. The molecule has 1 aliphatic carbocycles. The van der Waals surface area contributed by atoms with E-state index in [1.807, 2.05) is 12.1 Å². The fourth-order valence-corrected chi connectivity index (χ4v) is 1.86. The van der Waals surface area contributed by atoms with E-state index < -0.39 is 0 Å². The Labute approximate surface area is 90.8 Å². The number of allylic oxidation sites excluding steroid dienone is 4. The summed E-state index contributed by atoms with van der Waals surface area (Å²) >= 11 is 0. The maximum absolute atomic E-state index is 9.40. The van der Waals surface area contributed by atoms with Crippen molar-refractivity contribution in [2.45, 2.75) is 25.7 Å². The van der Waals surface area contributed by atoms with Gasteiger partial charge in [0.05, 0.1) is 5.76 Å². The zero-order valence-electron chi connectivity index (χ0n) is 8.82. The fourth-order valence-electron chi connectivity index (χ4n) is 1.86. The monoisotopic (exact) mass is 200 g/mol. The van der Waals surface area contributed by atoms with E-state index in [4.69, 9.17) is 0 Å². The highest BCUT2D eigenvalue weighted by atomic mass is 16.3. The van der Waals surface area contributed by atoms with E-state index >= 15 is 0 Å². The molecule has 15 heavy (non-hydrogen) atoms. The molecule has 1 aromatic carbocycles. The minimum Gasteiger partial charge on any atom is -0.512 e. The molecule has 1 aliphatic rings. The lowest BCUT2D eigenvalue weighted by Crippen LogP contribution is -1.94. The number of hydrogen-bond donors (Lipinski definition) is 1.